The van der Waals surface area contributed by atoms with E-state index in [0.717, 1.165) is 0 Å². The zero-order chi connectivity index (χ0) is 8.36. The van der Waals surface area contributed by atoms with Crippen LogP contribution in [-0.2, 0) is 0 Å². The Hall–Kier alpha value is 0.360. The second-order valence-electron chi connectivity index (χ2n) is 2.37. The normalized spacial score (nSPS) is 19.6. The van der Waals surface area contributed by atoms with Gasteiger partial charge in [-0.3, -0.25) is 10.1 Å². The molecule has 0 aromatic carbocycles. The van der Waals surface area contributed by atoms with E-state index in [-0.39, 0.29) is 4.92 Å². The van der Waals surface area contributed by atoms with Crippen molar-refractivity contribution in [1.29, 1.82) is 0 Å². The minimum absolute atomic E-state index is 0.296. The largest absolute Gasteiger partial charge is 0.264 e. The van der Waals surface area contributed by atoms with E-state index < -0.39 is 10.4 Å². The minimum Gasteiger partial charge on any atom is -0.264 e. The van der Waals surface area contributed by atoms with Crippen molar-refractivity contribution in [1.82, 2.24) is 0 Å². The van der Waals surface area contributed by atoms with Crippen molar-refractivity contribution >= 4 is 31.9 Å². The summed E-state index contributed by atoms with van der Waals surface area (Å²) in [4.78, 5) is 9.96. The summed E-state index contributed by atoms with van der Waals surface area (Å²) in [5, 5.41) is 10.8. The predicted octanol–water partition coefficient (Wildman–Crippen LogP) is 2.20. The molecule has 0 saturated carbocycles. The Morgan fingerprint density at radius 1 is 1.80 bits per heavy atom. The molecule has 0 amide bonds. The van der Waals surface area contributed by atoms with Gasteiger partial charge >= 0.3 is 0 Å². The summed E-state index contributed by atoms with van der Waals surface area (Å²) in [5.41, 5.74) is 0. The molecule has 0 fully saturated rings. The number of hydrogen-bond acceptors (Lipinski definition) is 2. The van der Waals surface area contributed by atoms with Crippen molar-refractivity contribution < 1.29 is 4.92 Å². The van der Waals surface area contributed by atoms with Gasteiger partial charge in [0.1, 0.15) is 0 Å². The molecule has 0 rings (SSSR count). The average Bonchev–Trinajstić information content (AvgIpc) is 1.86. The summed E-state index contributed by atoms with van der Waals surface area (Å²) >= 11 is 6.45. The summed E-state index contributed by atoms with van der Waals surface area (Å²) in [6.07, 6.45) is 0. The van der Waals surface area contributed by atoms with Crippen LogP contribution in [0.2, 0.25) is 0 Å². The molecule has 3 nitrogen and oxygen atoms in total. The molecule has 0 saturated heterocycles. The lowest BCUT2D eigenvalue weighted by Crippen LogP contribution is -2.38. The summed E-state index contributed by atoms with van der Waals surface area (Å²) in [7, 11) is 0. The van der Waals surface area contributed by atoms with E-state index in [2.05, 4.69) is 31.9 Å². The number of nitrogens with zero attached hydrogens (tertiary/aromatic N) is 1. The Labute approximate surface area is 76.6 Å². The predicted molar refractivity (Wildman–Crippen MR) is 47.6 cm³/mol. The van der Waals surface area contributed by atoms with Gasteiger partial charge in [0.2, 0.25) is 6.04 Å². The van der Waals surface area contributed by atoms with Crippen LogP contribution < -0.4 is 0 Å². The third-order valence-electron chi connectivity index (χ3n) is 1.45. The van der Waals surface area contributed by atoms with Crippen LogP contribution in [0.1, 0.15) is 13.8 Å². The molecule has 0 N–H and O–H groups in total. The van der Waals surface area contributed by atoms with Crippen LogP contribution in [0.25, 0.3) is 0 Å². The molecule has 0 aliphatic carbocycles. The highest BCUT2D eigenvalue weighted by atomic mass is 79.9. The smallest absolute Gasteiger partial charge is 0.226 e. The fraction of sp³-hybridized carbons (Fsp3) is 1.00. The maximum Gasteiger partial charge on any atom is 0.226 e. The quantitative estimate of drug-likeness (QED) is 0.450. The lowest BCUT2D eigenvalue weighted by atomic mass is 10.1. The third-order valence-corrected chi connectivity index (χ3v) is 4.31. The van der Waals surface area contributed by atoms with E-state index in [9.17, 15) is 10.1 Å². The topological polar surface area (TPSA) is 43.1 Å². The Balaban J connectivity index is 4.17. The van der Waals surface area contributed by atoms with Crippen molar-refractivity contribution in [3.05, 3.63) is 10.1 Å². The Bertz CT molecular complexity index is 138. The first-order chi connectivity index (χ1) is 4.41. The van der Waals surface area contributed by atoms with Crippen molar-refractivity contribution in [2.75, 3.05) is 5.33 Å². The van der Waals surface area contributed by atoms with Gasteiger partial charge in [-0.15, -0.1) is 0 Å². The van der Waals surface area contributed by atoms with Crippen molar-refractivity contribution in [2.24, 2.45) is 0 Å². The number of alkyl halides is 2. The third kappa shape index (κ3) is 2.54. The van der Waals surface area contributed by atoms with Crippen molar-refractivity contribution in [3.8, 4) is 0 Å². The zero-order valence-corrected chi connectivity index (χ0v) is 8.98. The van der Waals surface area contributed by atoms with E-state index in [1.54, 1.807) is 13.8 Å². The highest BCUT2D eigenvalue weighted by Gasteiger charge is 2.35. The van der Waals surface area contributed by atoms with Crippen LogP contribution in [0, 0.1) is 10.1 Å². The first-order valence-corrected chi connectivity index (χ1v) is 4.71. The average molecular weight is 275 g/mol. The molecule has 0 aliphatic rings. The van der Waals surface area contributed by atoms with Crippen LogP contribution in [0.15, 0.2) is 0 Å². The first kappa shape index (κ1) is 10.4. The molecule has 0 heterocycles. The summed E-state index contributed by atoms with van der Waals surface area (Å²) in [6.45, 7) is 3.37. The van der Waals surface area contributed by atoms with Crippen molar-refractivity contribution in [2.45, 2.75) is 24.2 Å². The molecule has 0 aromatic rings. The molecule has 0 radical (unpaired) electrons. The molecule has 0 bridgehead atoms. The fourth-order valence-electron chi connectivity index (χ4n) is 0.331. The van der Waals surface area contributed by atoms with Gasteiger partial charge in [-0.1, -0.05) is 31.9 Å². The van der Waals surface area contributed by atoms with E-state index in [1.165, 1.54) is 0 Å². The molecule has 5 heteroatoms. The molecular weight excluding hydrogens is 266 g/mol. The maximum absolute atomic E-state index is 10.3. The highest BCUT2D eigenvalue weighted by Crippen LogP contribution is 2.25. The van der Waals surface area contributed by atoms with Crippen LogP contribution >= 0.6 is 31.9 Å². The maximum atomic E-state index is 10.3. The molecule has 2 atom stereocenters. The lowest BCUT2D eigenvalue weighted by Gasteiger charge is -2.19. The van der Waals surface area contributed by atoms with Crippen LogP contribution in [0.3, 0.4) is 0 Å². The second-order valence-corrected chi connectivity index (χ2v) is 4.75. The second kappa shape index (κ2) is 3.67. The van der Waals surface area contributed by atoms with E-state index in [0.29, 0.717) is 5.33 Å². The van der Waals surface area contributed by atoms with Gasteiger partial charge in [0, 0.05) is 17.2 Å². The van der Waals surface area contributed by atoms with Crippen LogP contribution in [0.4, 0.5) is 0 Å². The Kier molecular flexibility index (Phi) is 3.80. The van der Waals surface area contributed by atoms with Gasteiger partial charge in [0.05, 0.1) is 4.32 Å². The van der Waals surface area contributed by atoms with E-state index >= 15 is 0 Å². The number of halogens is 2. The van der Waals surface area contributed by atoms with Crippen LogP contribution in [-0.4, -0.2) is 20.6 Å². The van der Waals surface area contributed by atoms with Gasteiger partial charge in [0.25, 0.3) is 0 Å². The van der Waals surface area contributed by atoms with Crippen LogP contribution in [0.5, 0.6) is 0 Å². The lowest BCUT2D eigenvalue weighted by molar-refractivity contribution is -0.521. The summed E-state index contributed by atoms with van der Waals surface area (Å²) in [5.74, 6) is 0. The van der Waals surface area contributed by atoms with Gasteiger partial charge in [-0.05, 0) is 6.92 Å². The summed E-state index contributed by atoms with van der Waals surface area (Å²) < 4.78 is -0.448. The van der Waals surface area contributed by atoms with Gasteiger partial charge in [-0.25, -0.2) is 0 Å². The molecule has 60 valence electrons. The number of nitro groups is 1. The van der Waals surface area contributed by atoms with E-state index in [1.807, 2.05) is 0 Å². The zero-order valence-electron chi connectivity index (χ0n) is 5.80. The molecule has 0 aliphatic heterocycles. The van der Waals surface area contributed by atoms with Gasteiger partial charge in [-0.2, -0.15) is 0 Å². The van der Waals surface area contributed by atoms with E-state index in [4.69, 9.17) is 0 Å². The SMILES string of the molecule is CC([N+](=O)[O-])C(C)(Br)CBr. The monoisotopic (exact) mass is 273 g/mol. The van der Waals surface area contributed by atoms with Gasteiger partial charge < -0.3 is 0 Å². The van der Waals surface area contributed by atoms with Gasteiger partial charge in [0.15, 0.2) is 0 Å². The molecule has 10 heavy (non-hydrogen) atoms. The summed E-state index contributed by atoms with van der Waals surface area (Å²) in [6, 6.07) is -0.577. The Morgan fingerprint density at radius 2 is 2.20 bits per heavy atom. The standard InChI is InChI=1S/C5H9Br2NO2/c1-4(8(9)10)5(2,7)3-6/h4H,3H2,1-2H3. The fourth-order valence-corrected chi connectivity index (χ4v) is 0.967. The molecule has 0 aromatic heterocycles. The number of rotatable bonds is 3. The van der Waals surface area contributed by atoms with Crippen molar-refractivity contribution in [3.63, 3.8) is 0 Å². The molecule has 0 spiro atoms. The molecular formula is C5H9Br2NO2. The highest BCUT2D eigenvalue weighted by molar-refractivity contribution is 9.12. The Morgan fingerprint density at radius 3 is 2.30 bits per heavy atom. The minimum atomic E-state index is -0.577. The molecule has 2 unspecified atom stereocenters. The first-order valence-electron chi connectivity index (χ1n) is 2.80. The number of hydrogen-bond donors (Lipinski definition) is 0.